The van der Waals surface area contributed by atoms with Crippen molar-refractivity contribution in [2.75, 3.05) is 19.8 Å². The summed E-state index contributed by atoms with van der Waals surface area (Å²) in [6.07, 6.45) is 2.23. The first-order valence-corrected chi connectivity index (χ1v) is 14.4. The molecular weight excluding hydrogens is 500 g/mol. The Hall–Kier alpha value is -3.31. The van der Waals surface area contributed by atoms with Gasteiger partial charge in [0.1, 0.15) is 24.7 Å². The molecule has 0 aliphatic carbocycles. The summed E-state index contributed by atoms with van der Waals surface area (Å²) in [6.45, 7) is 13.9. The van der Waals surface area contributed by atoms with Gasteiger partial charge in [0.15, 0.2) is 0 Å². The van der Waals surface area contributed by atoms with E-state index in [0.717, 1.165) is 24.2 Å². The van der Waals surface area contributed by atoms with Crippen molar-refractivity contribution in [1.29, 1.82) is 0 Å². The van der Waals surface area contributed by atoms with Gasteiger partial charge in [0.2, 0.25) is 0 Å². The molecule has 0 aliphatic heterocycles. The number of esters is 1. The number of ether oxygens (including phenoxy) is 3. The molecule has 0 spiro atoms. The third-order valence-corrected chi connectivity index (χ3v) is 7.35. The molecule has 0 bridgehead atoms. The molecule has 0 heterocycles. The van der Waals surface area contributed by atoms with Crippen molar-refractivity contribution in [3.63, 3.8) is 0 Å². The number of hydrogen-bond donors (Lipinski definition) is 1. The van der Waals surface area contributed by atoms with Gasteiger partial charge < -0.3 is 19.3 Å². The van der Waals surface area contributed by atoms with Crippen LogP contribution in [0, 0.1) is 0 Å². The number of phenolic OH excluding ortho intramolecular Hbond substituents is 1. The van der Waals surface area contributed by atoms with Gasteiger partial charge in [-0.05, 0) is 83.5 Å². The topological polar surface area (TPSA) is 65.0 Å². The molecular formula is C35H46O5. The normalized spacial score (nSPS) is 13.8. The van der Waals surface area contributed by atoms with Crippen LogP contribution in [0.25, 0.3) is 0 Å². The number of benzene rings is 3. The van der Waals surface area contributed by atoms with Gasteiger partial charge in [-0.2, -0.15) is 0 Å². The molecule has 0 saturated heterocycles. The molecule has 5 nitrogen and oxygen atoms in total. The summed E-state index contributed by atoms with van der Waals surface area (Å²) in [5, 5.41) is 9.55. The molecule has 0 fully saturated rings. The number of rotatable bonds is 14. The molecule has 0 aliphatic rings. The van der Waals surface area contributed by atoms with Gasteiger partial charge in [-0.1, -0.05) is 83.1 Å². The van der Waals surface area contributed by atoms with E-state index in [0.29, 0.717) is 30.8 Å². The minimum Gasteiger partial charge on any atom is -0.508 e. The maximum absolute atomic E-state index is 12.2. The van der Waals surface area contributed by atoms with E-state index in [1.54, 1.807) is 12.1 Å². The van der Waals surface area contributed by atoms with Crippen molar-refractivity contribution >= 4 is 5.97 Å². The quantitative estimate of drug-likeness (QED) is 0.164. The molecule has 0 amide bonds. The Morgan fingerprint density at radius 3 is 2.08 bits per heavy atom. The fourth-order valence-corrected chi connectivity index (χ4v) is 4.75. The summed E-state index contributed by atoms with van der Waals surface area (Å²) in [5.41, 5.74) is 4.83. The highest BCUT2D eigenvalue weighted by atomic mass is 16.6. The average Bonchev–Trinajstić information content (AvgIpc) is 2.93. The van der Waals surface area contributed by atoms with E-state index >= 15 is 0 Å². The van der Waals surface area contributed by atoms with E-state index in [1.165, 1.54) is 16.7 Å². The Kier molecular flexibility index (Phi) is 11.6. The largest absolute Gasteiger partial charge is 0.508 e. The molecule has 5 heteroatoms. The lowest BCUT2D eigenvalue weighted by Crippen LogP contribution is -2.21. The predicted octanol–water partition coefficient (Wildman–Crippen LogP) is 7.95. The van der Waals surface area contributed by atoms with Crippen LogP contribution in [-0.4, -0.2) is 37.0 Å². The number of hydrogen-bond acceptors (Lipinski definition) is 5. The maximum Gasteiger partial charge on any atom is 0.310 e. The SMILES string of the molecule is CCC(CC(C)c1ccc(O)cc1)c1ccc(OCC(C)OCCOC(=O)Cc2ccc(C(C)(C)C)cc2)cc1. The van der Waals surface area contributed by atoms with Crippen LogP contribution in [0.1, 0.15) is 88.5 Å². The first-order valence-electron chi connectivity index (χ1n) is 14.4. The maximum atomic E-state index is 12.2. The van der Waals surface area contributed by atoms with E-state index in [1.807, 2.05) is 43.3 Å². The fourth-order valence-electron chi connectivity index (χ4n) is 4.75. The Bertz CT molecular complexity index is 1160. The molecule has 1 N–H and O–H groups in total. The highest BCUT2D eigenvalue weighted by Gasteiger charge is 2.16. The van der Waals surface area contributed by atoms with Crippen molar-refractivity contribution in [2.45, 2.75) is 84.2 Å². The third-order valence-electron chi connectivity index (χ3n) is 7.35. The second kappa shape index (κ2) is 14.9. The molecule has 3 aromatic carbocycles. The number of carbonyl (C=O) groups is 1. The zero-order valence-corrected chi connectivity index (χ0v) is 25.0. The van der Waals surface area contributed by atoms with Gasteiger partial charge in [-0.3, -0.25) is 4.79 Å². The van der Waals surface area contributed by atoms with E-state index in [-0.39, 0.29) is 30.5 Å². The predicted molar refractivity (Wildman–Crippen MR) is 161 cm³/mol. The van der Waals surface area contributed by atoms with Crippen molar-refractivity contribution in [1.82, 2.24) is 0 Å². The zero-order chi connectivity index (χ0) is 29.1. The summed E-state index contributed by atoms with van der Waals surface area (Å²) in [6, 6.07) is 24.0. The van der Waals surface area contributed by atoms with Crippen LogP contribution in [-0.2, 0) is 26.1 Å². The lowest BCUT2D eigenvalue weighted by molar-refractivity contribution is -0.145. The monoisotopic (exact) mass is 546 g/mol. The average molecular weight is 547 g/mol. The van der Waals surface area contributed by atoms with Crippen LogP contribution in [0.15, 0.2) is 72.8 Å². The van der Waals surface area contributed by atoms with Crippen molar-refractivity contribution in [2.24, 2.45) is 0 Å². The third kappa shape index (κ3) is 10.0. The van der Waals surface area contributed by atoms with Crippen LogP contribution in [0.2, 0.25) is 0 Å². The summed E-state index contributed by atoms with van der Waals surface area (Å²) < 4.78 is 17.1. The van der Waals surface area contributed by atoms with Gasteiger partial charge >= 0.3 is 5.97 Å². The van der Waals surface area contributed by atoms with E-state index in [9.17, 15) is 9.90 Å². The molecule has 3 atom stereocenters. The van der Waals surface area contributed by atoms with Crippen molar-refractivity contribution < 1.29 is 24.1 Å². The Balaban J connectivity index is 1.35. The molecule has 216 valence electrons. The van der Waals surface area contributed by atoms with Crippen LogP contribution >= 0.6 is 0 Å². The molecule has 40 heavy (non-hydrogen) atoms. The Morgan fingerprint density at radius 1 is 0.850 bits per heavy atom. The smallest absolute Gasteiger partial charge is 0.310 e. The minimum absolute atomic E-state index is 0.0905. The van der Waals surface area contributed by atoms with Crippen molar-refractivity contribution in [3.8, 4) is 11.5 Å². The zero-order valence-electron chi connectivity index (χ0n) is 25.0. The number of aromatic hydroxyl groups is 1. The number of carbonyl (C=O) groups excluding carboxylic acids is 1. The molecule has 0 radical (unpaired) electrons. The van der Waals surface area contributed by atoms with Crippen LogP contribution in [0.3, 0.4) is 0 Å². The standard InChI is InChI=1S/C35H46O5/c1-7-28(22-25(2)29-10-16-32(36)17-11-29)30-12-18-33(19-13-30)40-24-26(3)38-20-21-39-34(37)23-27-8-14-31(15-9-27)35(4,5)6/h8-19,25-26,28,36H,7,20-24H2,1-6H3. The second-order valence-electron chi connectivity index (χ2n) is 11.7. The minimum atomic E-state index is -0.251. The van der Waals surface area contributed by atoms with Gasteiger partial charge in [0, 0.05) is 0 Å². The second-order valence-corrected chi connectivity index (χ2v) is 11.7. The summed E-state index contributed by atoms with van der Waals surface area (Å²) in [4.78, 5) is 12.2. The molecule has 0 saturated carbocycles. The fraction of sp³-hybridized carbons (Fsp3) is 0.457. The highest BCUT2D eigenvalue weighted by Crippen LogP contribution is 2.33. The molecule has 3 unspecified atom stereocenters. The molecule has 0 aromatic heterocycles. The van der Waals surface area contributed by atoms with E-state index in [4.69, 9.17) is 14.2 Å². The first-order chi connectivity index (χ1) is 19.0. The Morgan fingerprint density at radius 2 is 1.48 bits per heavy atom. The van der Waals surface area contributed by atoms with Crippen molar-refractivity contribution in [3.05, 3.63) is 95.1 Å². The summed E-state index contributed by atoms with van der Waals surface area (Å²) in [7, 11) is 0. The highest BCUT2D eigenvalue weighted by molar-refractivity contribution is 5.72. The molecule has 3 aromatic rings. The Labute approximate surface area is 240 Å². The van der Waals surface area contributed by atoms with E-state index in [2.05, 4.69) is 58.9 Å². The van der Waals surface area contributed by atoms with Gasteiger partial charge in [0.05, 0.1) is 19.1 Å². The molecule has 3 rings (SSSR count). The van der Waals surface area contributed by atoms with E-state index < -0.39 is 0 Å². The lowest BCUT2D eigenvalue weighted by atomic mass is 9.84. The first kappa shape index (κ1) is 31.2. The van der Waals surface area contributed by atoms with Crippen LogP contribution in [0.5, 0.6) is 11.5 Å². The van der Waals surface area contributed by atoms with Crippen LogP contribution < -0.4 is 4.74 Å². The number of phenols is 1. The van der Waals surface area contributed by atoms with Gasteiger partial charge in [-0.25, -0.2) is 0 Å². The summed E-state index contributed by atoms with van der Waals surface area (Å²) >= 11 is 0. The van der Waals surface area contributed by atoms with Crippen LogP contribution in [0.4, 0.5) is 0 Å². The van der Waals surface area contributed by atoms with Gasteiger partial charge in [0.25, 0.3) is 0 Å². The lowest BCUT2D eigenvalue weighted by Gasteiger charge is -2.21. The summed E-state index contributed by atoms with van der Waals surface area (Å²) in [5.74, 6) is 1.71. The van der Waals surface area contributed by atoms with Gasteiger partial charge in [-0.15, -0.1) is 0 Å².